The number of carbonyl (C=O) groups is 1. The van der Waals surface area contributed by atoms with E-state index < -0.39 is 10.0 Å². The van der Waals surface area contributed by atoms with Crippen LogP contribution in [0.2, 0.25) is 0 Å². The van der Waals surface area contributed by atoms with Crippen molar-refractivity contribution in [2.75, 3.05) is 18.4 Å². The average Bonchev–Trinajstić information content (AvgIpc) is 3.20. The van der Waals surface area contributed by atoms with Gasteiger partial charge in [0.1, 0.15) is 0 Å². The number of sulfonamides is 1. The van der Waals surface area contributed by atoms with Gasteiger partial charge in [0.25, 0.3) is 10.0 Å². The van der Waals surface area contributed by atoms with Crippen LogP contribution in [-0.2, 0) is 21.2 Å². The van der Waals surface area contributed by atoms with Gasteiger partial charge in [-0.15, -0.1) is 0 Å². The highest BCUT2D eigenvalue weighted by molar-refractivity contribution is 7.89. The zero-order valence-corrected chi connectivity index (χ0v) is 17.4. The Kier molecular flexibility index (Phi) is 6.20. The van der Waals surface area contributed by atoms with E-state index in [0.717, 1.165) is 17.7 Å². The fourth-order valence-electron chi connectivity index (χ4n) is 3.43. The van der Waals surface area contributed by atoms with Crippen LogP contribution in [0.3, 0.4) is 0 Å². The van der Waals surface area contributed by atoms with Gasteiger partial charge in [0.15, 0.2) is 5.03 Å². The molecule has 152 valence electrons. The van der Waals surface area contributed by atoms with Gasteiger partial charge in [-0.25, -0.2) is 13.4 Å². The Balaban J connectivity index is 1.73. The van der Waals surface area contributed by atoms with Crippen LogP contribution in [0.4, 0.5) is 5.69 Å². The lowest BCUT2D eigenvalue weighted by Crippen LogP contribution is -2.43. The first-order valence-electron chi connectivity index (χ1n) is 9.75. The van der Waals surface area contributed by atoms with Crippen molar-refractivity contribution in [1.82, 2.24) is 13.9 Å². The summed E-state index contributed by atoms with van der Waals surface area (Å²) in [6.45, 7) is 6.56. The summed E-state index contributed by atoms with van der Waals surface area (Å²) >= 11 is 0. The van der Waals surface area contributed by atoms with Crippen molar-refractivity contribution >= 4 is 21.6 Å². The van der Waals surface area contributed by atoms with E-state index in [9.17, 15) is 13.2 Å². The summed E-state index contributed by atoms with van der Waals surface area (Å²) in [5, 5.41) is 3.02. The first kappa shape index (κ1) is 20.5. The molecule has 1 aromatic carbocycles. The van der Waals surface area contributed by atoms with Gasteiger partial charge in [-0.05, 0) is 44.7 Å². The lowest BCUT2D eigenvalue weighted by molar-refractivity contribution is -0.120. The van der Waals surface area contributed by atoms with E-state index in [2.05, 4.69) is 10.3 Å². The van der Waals surface area contributed by atoms with Crippen molar-refractivity contribution < 1.29 is 13.2 Å². The quantitative estimate of drug-likeness (QED) is 0.802. The van der Waals surface area contributed by atoms with Gasteiger partial charge in [-0.2, -0.15) is 4.31 Å². The van der Waals surface area contributed by atoms with Crippen molar-refractivity contribution in [2.24, 2.45) is 5.92 Å². The summed E-state index contributed by atoms with van der Waals surface area (Å²) in [5.74, 6) is -0.505. The van der Waals surface area contributed by atoms with Crippen molar-refractivity contribution in [3.8, 4) is 0 Å². The summed E-state index contributed by atoms with van der Waals surface area (Å²) in [4.78, 5) is 16.9. The number of carbonyl (C=O) groups excluding carboxylic acids is 1. The molecular weight excluding hydrogens is 376 g/mol. The summed E-state index contributed by atoms with van der Waals surface area (Å²) < 4.78 is 29.1. The monoisotopic (exact) mass is 404 g/mol. The number of hydrogen-bond donors (Lipinski definition) is 1. The molecule has 0 spiro atoms. The number of aromatic nitrogens is 2. The minimum Gasteiger partial charge on any atom is -0.334 e. The second-order valence-corrected chi connectivity index (χ2v) is 9.34. The molecule has 2 heterocycles. The molecule has 1 atom stereocenters. The van der Waals surface area contributed by atoms with Crippen molar-refractivity contribution in [3.05, 3.63) is 42.4 Å². The molecule has 0 saturated carbocycles. The topological polar surface area (TPSA) is 84.3 Å². The predicted molar refractivity (Wildman–Crippen MR) is 109 cm³/mol. The Bertz CT molecular complexity index is 936. The number of nitrogens with zero attached hydrogens (tertiary/aromatic N) is 3. The zero-order valence-electron chi connectivity index (χ0n) is 16.6. The molecular formula is C20H28N4O3S. The second kappa shape index (κ2) is 8.45. The molecule has 1 aromatic heterocycles. The van der Waals surface area contributed by atoms with Crippen molar-refractivity contribution in [1.29, 1.82) is 0 Å². The van der Waals surface area contributed by atoms with Crippen LogP contribution in [0.15, 0.2) is 41.8 Å². The van der Waals surface area contributed by atoms with E-state index in [1.807, 2.05) is 45.0 Å². The second-order valence-electron chi connectivity index (χ2n) is 7.46. The maximum Gasteiger partial charge on any atom is 0.262 e. The maximum atomic E-state index is 13.0. The van der Waals surface area contributed by atoms with Gasteiger partial charge in [0.2, 0.25) is 5.91 Å². The molecule has 0 unspecified atom stereocenters. The van der Waals surface area contributed by atoms with Gasteiger partial charge in [-0.3, -0.25) is 4.79 Å². The molecule has 0 radical (unpaired) electrons. The molecule has 0 aliphatic carbocycles. The Hall–Kier alpha value is -2.19. The lowest BCUT2D eigenvalue weighted by Gasteiger charge is -2.30. The fourth-order valence-corrected chi connectivity index (χ4v) is 4.87. The molecule has 0 bridgehead atoms. The summed E-state index contributed by atoms with van der Waals surface area (Å²) in [6.07, 6.45) is 5.24. The number of anilines is 1. The number of imidazole rings is 1. The first-order chi connectivity index (χ1) is 13.3. The molecule has 2 aromatic rings. The SMILES string of the molecule is CCc1ccccc1NC(=O)[C@H]1CCCN(S(=O)(=O)c2cn(C(C)C)cn2)C1. The number of rotatable bonds is 6. The fraction of sp³-hybridized carbons (Fsp3) is 0.500. The number of piperidine rings is 1. The minimum absolute atomic E-state index is 0.0404. The highest BCUT2D eigenvalue weighted by Gasteiger charge is 2.34. The smallest absolute Gasteiger partial charge is 0.262 e. The predicted octanol–water partition coefficient (Wildman–Crippen LogP) is 3.07. The van der Waals surface area contributed by atoms with Crippen LogP contribution in [0.25, 0.3) is 0 Å². The largest absolute Gasteiger partial charge is 0.334 e. The normalized spacial score (nSPS) is 18.4. The molecule has 28 heavy (non-hydrogen) atoms. The zero-order chi connectivity index (χ0) is 20.3. The van der Waals surface area contributed by atoms with Gasteiger partial charge >= 0.3 is 0 Å². The van der Waals surface area contributed by atoms with Crippen molar-refractivity contribution in [3.63, 3.8) is 0 Å². The molecule has 1 fully saturated rings. The highest BCUT2D eigenvalue weighted by Crippen LogP contribution is 2.25. The first-order valence-corrected chi connectivity index (χ1v) is 11.2. The third-order valence-electron chi connectivity index (χ3n) is 5.19. The van der Waals surface area contributed by atoms with Crippen LogP contribution in [0.5, 0.6) is 0 Å². The molecule has 1 N–H and O–H groups in total. The van der Waals surface area contributed by atoms with E-state index in [-0.39, 0.29) is 29.4 Å². The van der Waals surface area contributed by atoms with Gasteiger partial charge in [0.05, 0.1) is 12.2 Å². The number of benzene rings is 1. The molecule has 3 rings (SSSR count). The van der Waals surface area contributed by atoms with Crippen LogP contribution in [0, 0.1) is 5.92 Å². The third kappa shape index (κ3) is 4.28. The number of amides is 1. The number of nitrogens with one attached hydrogen (secondary N) is 1. The van der Waals surface area contributed by atoms with E-state index in [1.165, 1.54) is 10.6 Å². The van der Waals surface area contributed by atoms with E-state index >= 15 is 0 Å². The molecule has 1 aliphatic rings. The number of hydrogen-bond acceptors (Lipinski definition) is 4. The van der Waals surface area contributed by atoms with Crippen LogP contribution >= 0.6 is 0 Å². The van der Waals surface area contributed by atoms with E-state index in [4.69, 9.17) is 0 Å². The highest BCUT2D eigenvalue weighted by atomic mass is 32.2. The minimum atomic E-state index is -3.71. The molecule has 1 aliphatic heterocycles. The lowest BCUT2D eigenvalue weighted by atomic mass is 9.98. The number of para-hydroxylation sites is 1. The molecule has 1 saturated heterocycles. The Morgan fingerprint density at radius 3 is 2.75 bits per heavy atom. The average molecular weight is 405 g/mol. The third-order valence-corrected chi connectivity index (χ3v) is 6.94. The summed E-state index contributed by atoms with van der Waals surface area (Å²) in [7, 11) is -3.71. The van der Waals surface area contributed by atoms with Crippen LogP contribution < -0.4 is 5.32 Å². The molecule has 8 heteroatoms. The van der Waals surface area contributed by atoms with E-state index in [0.29, 0.717) is 19.4 Å². The Labute approximate surface area is 166 Å². The Morgan fingerprint density at radius 2 is 2.07 bits per heavy atom. The standard InChI is InChI=1S/C20H28N4O3S/c1-4-16-8-5-6-10-18(16)22-20(25)17-9-7-11-24(12-17)28(26,27)19-13-23(14-21-19)15(2)3/h5-6,8,10,13-15,17H,4,7,9,11-12H2,1-3H3,(H,22,25)/t17-/m0/s1. The van der Waals surface area contributed by atoms with Crippen LogP contribution in [-0.4, -0.2) is 41.3 Å². The van der Waals surface area contributed by atoms with Gasteiger partial charge in [0, 0.05) is 31.0 Å². The number of aryl methyl sites for hydroxylation is 1. The van der Waals surface area contributed by atoms with Gasteiger partial charge < -0.3 is 9.88 Å². The molecule has 1 amide bonds. The van der Waals surface area contributed by atoms with Crippen LogP contribution in [0.1, 0.15) is 45.2 Å². The molecule has 7 nitrogen and oxygen atoms in total. The van der Waals surface area contributed by atoms with Gasteiger partial charge in [-0.1, -0.05) is 25.1 Å². The summed E-state index contributed by atoms with van der Waals surface area (Å²) in [6, 6.07) is 7.83. The maximum absolute atomic E-state index is 13.0. The Morgan fingerprint density at radius 1 is 1.32 bits per heavy atom. The van der Waals surface area contributed by atoms with E-state index in [1.54, 1.807) is 10.8 Å². The summed E-state index contributed by atoms with van der Waals surface area (Å²) in [5.41, 5.74) is 1.86. The van der Waals surface area contributed by atoms with Crippen molar-refractivity contribution in [2.45, 2.75) is 51.1 Å².